The highest BCUT2D eigenvalue weighted by molar-refractivity contribution is 5.91. The lowest BCUT2D eigenvalue weighted by molar-refractivity contribution is -0.131. The van der Waals surface area contributed by atoms with Crippen LogP contribution in [0, 0.1) is 11.3 Å². The number of carbonyl (C=O) groups is 2. The first kappa shape index (κ1) is 13.1. The van der Waals surface area contributed by atoms with Gasteiger partial charge in [-0.15, -0.1) is 0 Å². The van der Waals surface area contributed by atoms with Crippen molar-refractivity contribution in [2.45, 2.75) is 52.8 Å². The predicted molar refractivity (Wildman–Crippen MR) is 59.7 cm³/mol. The van der Waals surface area contributed by atoms with Crippen LogP contribution in [0.25, 0.3) is 0 Å². The second kappa shape index (κ2) is 4.52. The van der Waals surface area contributed by atoms with Crippen molar-refractivity contribution in [3.8, 4) is 0 Å². The third-order valence-corrected chi connectivity index (χ3v) is 2.87. The van der Waals surface area contributed by atoms with Gasteiger partial charge in [0.1, 0.15) is 6.17 Å². The molecule has 0 spiro atoms. The molecule has 3 atom stereocenters. The van der Waals surface area contributed by atoms with Gasteiger partial charge in [-0.25, -0.2) is 4.39 Å². The van der Waals surface area contributed by atoms with Crippen molar-refractivity contribution in [1.82, 2.24) is 5.32 Å². The SMILES string of the molecule is CCC(=O)[C@@H](NC(=O)[C@@H]1C[C@@H]1F)C(C)(C)C. The molecular formula is C12H20FNO2. The molecule has 1 aliphatic rings. The lowest BCUT2D eigenvalue weighted by Crippen LogP contribution is -2.49. The molecular weight excluding hydrogens is 209 g/mol. The maximum Gasteiger partial charge on any atom is 0.226 e. The molecule has 1 N–H and O–H groups in total. The lowest BCUT2D eigenvalue weighted by atomic mass is 9.83. The highest BCUT2D eigenvalue weighted by atomic mass is 19.1. The molecule has 3 nitrogen and oxygen atoms in total. The Hall–Kier alpha value is -0.930. The van der Waals surface area contributed by atoms with Crippen molar-refractivity contribution in [1.29, 1.82) is 0 Å². The predicted octanol–water partition coefficient (Wildman–Crippen LogP) is 1.85. The Bertz CT molecular complexity index is 296. The summed E-state index contributed by atoms with van der Waals surface area (Å²) in [4.78, 5) is 23.3. The van der Waals surface area contributed by atoms with Crippen molar-refractivity contribution in [3.63, 3.8) is 0 Å². The fourth-order valence-corrected chi connectivity index (χ4v) is 1.67. The second-order valence-corrected chi connectivity index (χ2v) is 5.49. The summed E-state index contributed by atoms with van der Waals surface area (Å²) in [6, 6.07) is -0.516. The number of hydrogen-bond acceptors (Lipinski definition) is 2. The van der Waals surface area contributed by atoms with Gasteiger partial charge in [0.2, 0.25) is 5.91 Å². The zero-order chi connectivity index (χ0) is 12.5. The smallest absolute Gasteiger partial charge is 0.226 e. The molecule has 0 aromatic heterocycles. The Labute approximate surface area is 95.8 Å². The largest absolute Gasteiger partial charge is 0.345 e. The van der Waals surface area contributed by atoms with Crippen LogP contribution < -0.4 is 5.32 Å². The molecule has 0 aromatic rings. The van der Waals surface area contributed by atoms with E-state index >= 15 is 0 Å². The van der Waals surface area contributed by atoms with Crippen LogP contribution in [0.15, 0.2) is 0 Å². The number of nitrogens with one attached hydrogen (secondary N) is 1. The van der Waals surface area contributed by atoms with E-state index in [9.17, 15) is 14.0 Å². The fraction of sp³-hybridized carbons (Fsp3) is 0.833. The van der Waals surface area contributed by atoms with Crippen molar-refractivity contribution in [2.75, 3.05) is 0 Å². The molecule has 0 bridgehead atoms. The zero-order valence-electron chi connectivity index (χ0n) is 10.3. The number of carbonyl (C=O) groups excluding carboxylic acids is 2. The van der Waals surface area contributed by atoms with Gasteiger partial charge >= 0.3 is 0 Å². The summed E-state index contributed by atoms with van der Waals surface area (Å²) in [5.41, 5.74) is -0.330. The molecule has 0 radical (unpaired) electrons. The van der Waals surface area contributed by atoms with E-state index in [2.05, 4.69) is 5.32 Å². The first-order valence-electron chi connectivity index (χ1n) is 5.74. The van der Waals surface area contributed by atoms with E-state index in [1.54, 1.807) is 6.92 Å². The molecule has 16 heavy (non-hydrogen) atoms. The molecule has 1 aliphatic carbocycles. The number of halogens is 1. The Morgan fingerprint density at radius 2 is 1.94 bits per heavy atom. The van der Waals surface area contributed by atoms with E-state index in [1.807, 2.05) is 20.8 Å². The molecule has 0 aromatic carbocycles. The molecule has 1 saturated carbocycles. The Morgan fingerprint density at radius 1 is 1.44 bits per heavy atom. The van der Waals surface area contributed by atoms with Gasteiger partial charge in [0.15, 0.2) is 5.78 Å². The number of amides is 1. The van der Waals surface area contributed by atoms with Crippen molar-refractivity contribution in [3.05, 3.63) is 0 Å². The number of ketones is 1. The van der Waals surface area contributed by atoms with E-state index in [0.29, 0.717) is 12.8 Å². The van der Waals surface area contributed by atoms with Gasteiger partial charge < -0.3 is 5.32 Å². The quantitative estimate of drug-likeness (QED) is 0.799. The number of hydrogen-bond donors (Lipinski definition) is 1. The molecule has 1 fully saturated rings. The standard InChI is InChI=1S/C12H20FNO2/c1-5-9(15)10(12(2,3)4)14-11(16)7-6-8(7)13/h7-8,10H,5-6H2,1-4H3,(H,14,16)/t7-,8+,10-/m1/s1. The zero-order valence-corrected chi connectivity index (χ0v) is 10.3. The Morgan fingerprint density at radius 3 is 2.25 bits per heavy atom. The maximum atomic E-state index is 12.7. The molecule has 1 amide bonds. The average molecular weight is 229 g/mol. The summed E-state index contributed by atoms with van der Waals surface area (Å²) in [6.07, 6.45) is -0.341. The van der Waals surface area contributed by atoms with Gasteiger partial charge in [-0.1, -0.05) is 27.7 Å². The average Bonchev–Trinajstić information content (AvgIpc) is 2.88. The van der Waals surface area contributed by atoms with Gasteiger partial charge in [0.25, 0.3) is 0 Å². The van der Waals surface area contributed by atoms with E-state index in [0.717, 1.165) is 0 Å². The second-order valence-electron chi connectivity index (χ2n) is 5.49. The third-order valence-electron chi connectivity index (χ3n) is 2.87. The van der Waals surface area contributed by atoms with Gasteiger partial charge in [0, 0.05) is 6.42 Å². The minimum Gasteiger partial charge on any atom is -0.345 e. The summed E-state index contributed by atoms with van der Waals surface area (Å²) in [5.74, 6) is -0.861. The van der Waals surface area contributed by atoms with Crippen LogP contribution >= 0.6 is 0 Å². The monoisotopic (exact) mass is 229 g/mol. The molecule has 4 heteroatoms. The molecule has 0 unspecified atom stereocenters. The fourth-order valence-electron chi connectivity index (χ4n) is 1.67. The van der Waals surface area contributed by atoms with Gasteiger partial charge in [-0.3, -0.25) is 9.59 Å². The van der Waals surface area contributed by atoms with Crippen LogP contribution in [0.5, 0.6) is 0 Å². The minimum atomic E-state index is -1.02. The summed E-state index contributed by atoms with van der Waals surface area (Å²) >= 11 is 0. The van der Waals surface area contributed by atoms with Gasteiger partial charge in [-0.05, 0) is 11.8 Å². The number of Topliss-reactive ketones (excluding diaryl/α,β-unsaturated/α-hetero) is 1. The third kappa shape index (κ3) is 3.03. The van der Waals surface area contributed by atoms with Gasteiger partial charge in [-0.2, -0.15) is 0 Å². The summed E-state index contributed by atoms with van der Waals surface area (Å²) < 4.78 is 12.7. The molecule has 0 saturated heterocycles. The van der Waals surface area contributed by atoms with Crippen molar-refractivity contribution < 1.29 is 14.0 Å². The van der Waals surface area contributed by atoms with Crippen LogP contribution in [0.1, 0.15) is 40.5 Å². The van der Waals surface area contributed by atoms with E-state index in [4.69, 9.17) is 0 Å². The normalized spacial score (nSPS) is 26.1. The lowest BCUT2D eigenvalue weighted by Gasteiger charge is -2.30. The van der Waals surface area contributed by atoms with Crippen LogP contribution in [0.2, 0.25) is 0 Å². The van der Waals surface area contributed by atoms with Crippen molar-refractivity contribution >= 4 is 11.7 Å². The molecule has 0 aliphatic heterocycles. The summed E-state index contributed by atoms with van der Waals surface area (Å²) in [7, 11) is 0. The Kier molecular flexibility index (Phi) is 3.71. The number of rotatable bonds is 4. The van der Waals surface area contributed by atoms with Crippen LogP contribution in [-0.4, -0.2) is 23.9 Å². The van der Waals surface area contributed by atoms with E-state index < -0.39 is 18.1 Å². The highest BCUT2D eigenvalue weighted by Crippen LogP contribution is 2.34. The molecule has 1 rings (SSSR count). The van der Waals surface area contributed by atoms with Crippen molar-refractivity contribution in [2.24, 2.45) is 11.3 Å². The first-order valence-corrected chi connectivity index (χ1v) is 5.74. The van der Waals surface area contributed by atoms with Crippen LogP contribution in [-0.2, 0) is 9.59 Å². The van der Waals surface area contributed by atoms with Crippen LogP contribution in [0.3, 0.4) is 0 Å². The number of alkyl halides is 1. The highest BCUT2D eigenvalue weighted by Gasteiger charge is 2.45. The molecule has 0 heterocycles. The summed E-state index contributed by atoms with van der Waals surface area (Å²) in [6.45, 7) is 7.45. The Balaban J connectivity index is 2.64. The topological polar surface area (TPSA) is 46.2 Å². The summed E-state index contributed by atoms with van der Waals surface area (Å²) in [5, 5.41) is 2.67. The van der Waals surface area contributed by atoms with Crippen LogP contribution in [0.4, 0.5) is 4.39 Å². The van der Waals surface area contributed by atoms with Gasteiger partial charge in [0.05, 0.1) is 12.0 Å². The van der Waals surface area contributed by atoms with E-state index in [1.165, 1.54) is 0 Å². The first-order chi connectivity index (χ1) is 7.27. The molecule has 92 valence electrons. The van der Waals surface area contributed by atoms with E-state index in [-0.39, 0.29) is 17.1 Å². The maximum absolute atomic E-state index is 12.7. The minimum absolute atomic E-state index is 0.00286.